The van der Waals surface area contributed by atoms with E-state index < -0.39 is 0 Å². The first kappa shape index (κ1) is 18.4. The van der Waals surface area contributed by atoms with Gasteiger partial charge in [-0.1, -0.05) is 11.3 Å². The molecule has 0 unspecified atom stereocenters. The zero-order valence-electron chi connectivity index (χ0n) is 16.5. The van der Waals surface area contributed by atoms with Crippen LogP contribution in [-0.2, 0) is 6.54 Å². The monoisotopic (exact) mass is 409 g/mol. The molecule has 1 N–H and O–H groups in total. The fourth-order valence-corrected chi connectivity index (χ4v) is 4.45. The zero-order valence-corrected chi connectivity index (χ0v) is 17.3. The molecule has 0 aromatic carbocycles. The number of anilines is 2. The van der Waals surface area contributed by atoms with E-state index in [2.05, 4.69) is 35.1 Å². The van der Waals surface area contributed by atoms with Crippen molar-refractivity contribution in [2.75, 3.05) is 19.4 Å². The molecule has 3 aromatic heterocycles. The van der Waals surface area contributed by atoms with Gasteiger partial charge in [-0.3, -0.25) is 0 Å². The summed E-state index contributed by atoms with van der Waals surface area (Å²) in [6.45, 7) is 0.807. The van der Waals surface area contributed by atoms with Crippen molar-refractivity contribution in [1.29, 1.82) is 0 Å². The highest BCUT2D eigenvalue weighted by Gasteiger charge is 2.54. The second-order valence-electron chi connectivity index (χ2n) is 8.18. The van der Waals surface area contributed by atoms with Gasteiger partial charge in [0.25, 0.3) is 0 Å². The van der Waals surface area contributed by atoms with Gasteiger partial charge in [-0.05, 0) is 51.3 Å². The van der Waals surface area contributed by atoms with Crippen LogP contribution in [0.3, 0.4) is 0 Å². The van der Waals surface area contributed by atoms with E-state index >= 15 is 0 Å². The Bertz CT molecular complexity index is 992. The number of nitrogens with one attached hydrogen (secondary N) is 1. The molecule has 3 heterocycles. The summed E-state index contributed by atoms with van der Waals surface area (Å²) in [5.74, 6) is 0.527. The van der Waals surface area contributed by atoms with Crippen molar-refractivity contribution in [2.24, 2.45) is 5.41 Å². The summed E-state index contributed by atoms with van der Waals surface area (Å²) in [6.07, 6.45) is 12.4. The van der Waals surface area contributed by atoms with Crippen LogP contribution in [0.1, 0.15) is 31.2 Å². The predicted octanol–water partition coefficient (Wildman–Crippen LogP) is 3.52. The van der Waals surface area contributed by atoms with Crippen molar-refractivity contribution < 1.29 is 4.74 Å². The molecule has 0 bridgehead atoms. The van der Waals surface area contributed by atoms with Crippen LogP contribution in [-0.4, -0.2) is 50.0 Å². The molecule has 2 aliphatic rings. The number of thiazole rings is 1. The van der Waals surface area contributed by atoms with E-state index in [0.717, 1.165) is 40.7 Å². The van der Waals surface area contributed by atoms with Crippen molar-refractivity contribution in [3.8, 4) is 16.6 Å². The first-order valence-electron chi connectivity index (χ1n) is 9.76. The van der Waals surface area contributed by atoms with Gasteiger partial charge in [0.1, 0.15) is 6.10 Å². The SMILES string of the molecule is CN(C)Cc1cnc(Nc2ncc(-c3ccnc(OC4CC5(CC5)C4)n3)s2)nc1. The van der Waals surface area contributed by atoms with Crippen LogP contribution < -0.4 is 10.1 Å². The van der Waals surface area contributed by atoms with Crippen LogP contribution in [0.25, 0.3) is 10.6 Å². The van der Waals surface area contributed by atoms with E-state index in [-0.39, 0.29) is 6.10 Å². The van der Waals surface area contributed by atoms with Gasteiger partial charge in [-0.25, -0.2) is 19.9 Å². The smallest absolute Gasteiger partial charge is 0.317 e. The van der Waals surface area contributed by atoms with Crippen LogP contribution in [0.4, 0.5) is 11.1 Å². The standard InChI is InChI=1S/C20H23N7OS/c1-27(2)12-13-9-22-17(23-10-13)26-19-24-11-16(29-19)15-3-6-21-18(25-15)28-14-7-20(8-14)4-5-20/h3,6,9-11,14H,4-5,7-8,12H2,1-2H3,(H,22,23,24,26). The van der Waals surface area contributed by atoms with E-state index in [4.69, 9.17) is 4.74 Å². The van der Waals surface area contributed by atoms with Gasteiger partial charge >= 0.3 is 6.01 Å². The Labute approximate surface area is 173 Å². The summed E-state index contributed by atoms with van der Waals surface area (Å²) in [7, 11) is 4.03. The maximum Gasteiger partial charge on any atom is 0.317 e. The molecule has 8 nitrogen and oxygen atoms in total. The average molecular weight is 410 g/mol. The average Bonchev–Trinajstić information content (AvgIpc) is 3.33. The van der Waals surface area contributed by atoms with Crippen LogP contribution in [0.2, 0.25) is 0 Å². The summed E-state index contributed by atoms with van der Waals surface area (Å²) in [6, 6.07) is 2.32. The third-order valence-corrected chi connectivity index (χ3v) is 6.30. The molecule has 150 valence electrons. The van der Waals surface area contributed by atoms with Gasteiger partial charge in [0.15, 0.2) is 5.13 Å². The molecule has 29 heavy (non-hydrogen) atoms. The lowest BCUT2D eigenvalue weighted by molar-refractivity contribution is 0.0427. The lowest BCUT2D eigenvalue weighted by Crippen LogP contribution is -2.35. The first-order valence-corrected chi connectivity index (χ1v) is 10.6. The molecule has 0 atom stereocenters. The molecule has 0 radical (unpaired) electrons. The van der Waals surface area contributed by atoms with Gasteiger partial charge in [0.05, 0.1) is 10.6 Å². The Balaban J connectivity index is 1.23. The maximum atomic E-state index is 5.95. The molecule has 0 amide bonds. The Morgan fingerprint density at radius 3 is 2.66 bits per heavy atom. The van der Waals surface area contributed by atoms with Gasteiger partial charge < -0.3 is 15.0 Å². The van der Waals surface area contributed by atoms with Crippen molar-refractivity contribution in [1.82, 2.24) is 29.8 Å². The third kappa shape index (κ3) is 4.20. The molecule has 5 rings (SSSR count). The largest absolute Gasteiger partial charge is 0.460 e. The topological polar surface area (TPSA) is 89.0 Å². The van der Waals surface area contributed by atoms with Gasteiger partial charge in [0.2, 0.25) is 5.95 Å². The molecule has 2 fully saturated rings. The quantitative estimate of drug-likeness (QED) is 0.634. The van der Waals surface area contributed by atoms with Gasteiger partial charge in [0, 0.05) is 36.9 Å². The summed E-state index contributed by atoms with van der Waals surface area (Å²) >= 11 is 1.50. The number of ether oxygens (including phenoxy) is 1. The number of aromatic nitrogens is 5. The highest BCUT2D eigenvalue weighted by atomic mass is 32.1. The highest BCUT2D eigenvalue weighted by Crippen LogP contribution is 2.61. The lowest BCUT2D eigenvalue weighted by Gasteiger charge is -2.34. The van der Waals surface area contributed by atoms with Crippen LogP contribution >= 0.6 is 11.3 Å². The summed E-state index contributed by atoms with van der Waals surface area (Å²) in [5.41, 5.74) is 2.48. The van der Waals surface area contributed by atoms with Gasteiger partial charge in [-0.15, -0.1) is 0 Å². The van der Waals surface area contributed by atoms with E-state index in [1.54, 1.807) is 12.4 Å². The van der Waals surface area contributed by atoms with E-state index in [1.165, 1.54) is 24.2 Å². The third-order valence-electron chi connectivity index (χ3n) is 5.37. The predicted molar refractivity (Wildman–Crippen MR) is 111 cm³/mol. The van der Waals surface area contributed by atoms with Crippen LogP contribution in [0.15, 0.2) is 30.9 Å². The maximum absolute atomic E-state index is 5.95. The van der Waals surface area contributed by atoms with Crippen molar-refractivity contribution in [2.45, 2.75) is 38.3 Å². The first-order chi connectivity index (χ1) is 14.1. The number of hydrogen-bond acceptors (Lipinski definition) is 9. The molecule has 3 aromatic rings. The second-order valence-corrected chi connectivity index (χ2v) is 9.21. The highest BCUT2D eigenvalue weighted by molar-refractivity contribution is 7.18. The fraction of sp³-hybridized carbons (Fsp3) is 0.450. The van der Waals surface area contributed by atoms with Gasteiger partial charge in [-0.2, -0.15) is 4.98 Å². The molecular formula is C20H23N7OS. The summed E-state index contributed by atoms with van der Waals surface area (Å²) < 4.78 is 5.95. The molecule has 2 aliphatic carbocycles. The minimum atomic E-state index is 0.263. The lowest BCUT2D eigenvalue weighted by atomic mass is 9.79. The molecule has 0 saturated heterocycles. The number of nitrogens with zero attached hydrogens (tertiary/aromatic N) is 6. The minimum Gasteiger partial charge on any atom is -0.460 e. The van der Waals surface area contributed by atoms with Crippen LogP contribution in [0, 0.1) is 5.41 Å². The Hall–Kier alpha value is -2.65. The van der Waals surface area contributed by atoms with Crippen molar-refractivity contribution >= 4 is 22.4 Å². The second kappa shape index (κ2) is 7.31. The Morgan fingerprint density at radius 1 is 1.14 bits per heavy atom. The minimum absolute atomic E-state index is 0.263. The summed E-state index contributed by atoms with van der Waals surface area (Å²) in [4.78, 5) is 25.0. The Kier molecular flexibility index (Phi) is 4.63. The molecular weight excluding hydrogens is 386 g/mol. The van der Waals surface area contributed by atoms with Crippen molar-refractivity contribution in [3.05, 3.63) is 36.4 Å². The van der Waals surface area contributed by atoms with Crippen molar-refractivity contribution in [3.63, 3.8) is 0 Å². The summed E-state index contributed by atoms with van der Waals surface area (Å²) in [5, 5.41) is 3.87. The zero-order chi connectivity index (χ0) is 19.8. The molecule has 2 saturated carbocycles. The number of hydrogen-bond donors (Lipinski definition) is 1. The molecule has 0 aliphatic heterocycles. The molecule has 9 heteroatoms. The fourth-order valence-electron chi connectivity index (χ4n) is 3.67. The van der Waals surface area contributed by atoms with E-state index in [9.17, 15) is 0 Å². The van der Waals surface area contributed by atoms with Crippen LogP contribution in [0.5, 0.6) is 6.01 Å². The molecule has 1 spiro atoms. The number of rotatable bonds is 7. The Morgan fingerprint density at radius 2 is 1.93 bits per heavy atom. The van der Waals surface area contributed by atoms with E-state index in [1.807, 2.05) is 32.6 Å². The van der Waals surface area contributed by atoms with E-state index in [0.29, 0.717) is 17.4 Å². The normalized spacial score (nSPS) is 17.3.